The summed E-state index contributed by atoms with van der Waals surface area (Å²) < 4.78 is 13.5. The number of ether oxygens (including phenoxy) is 2. The van der Waals surface area contributed by atoms with Crippen molar-refractivity contribution in [3.05, 3.63) is 58.3 Å². The van der Waals surface area contributed by atoms with Crippen LogP contribution >= 0.6 is 23.2 Å². The molecule has 1 aromatic heterocycles. The van der Waals surface area contributed by atoms with Crippen LogP contribution in [0.2, 0.25) is 10.0 Å². The average Bonchev–Trinajstić information content (AvgIpc) is 2.95. The normalized spacial score (nSPS) is 11.2. The zero-order chi connectivity index (χ0) is 17.6. The number of fused-ring (bicyclic) bond motifs is 1. The van der Waals surface area contributed by atoms with Crippen molar-refractivity contribution < 1.29 is 9.47 Å². The topological polar surface area (TPSA) is 36.3 Å². The molecule has 0 aliphatic heterocycles. The fourth-order valence-electron chi connectivity index (χ4n) is 2.65. The molecule has 0 saturated carbocycles. The number of hydrogen-bond donors (Lipinski definition) is 0. The van der Waals surface area contributed by atoms with E-state index >= 15 is 0 Å². The Bertz CT molecular complexity index is 831. The van der Waals surface area contributed by atoms with Crippen LogP contribution in [0.1, 0.15) is 19.2 Å². The summed E-state index contributed by atoms with van der Waals surface area (Å²) in [5.74, 6) is 1.62. The van der Waals surface area contributed by atoms with Gasteiger partial charge < -0.3 is 14.0 Å². The Morgan fingerprint density at radius 2 is 1.80 bits per heavy atom. The van der Waals surface area contributed by atoms with Crippen LogP contribution in [-0.2, 0) is 17.9 Å². The van der Waals surface area contributed by atoms with E-state index in [0.29, 0.717) is 23.3 Å². The second kappa shape index (κ2) is 8.56. The van der Waals surface area contributed by atoms with Crippen molar-refractivity contribution in [1.82, 2.24) is 9.55 Å². The highest BCUT2D eigenvalue weighted by molar-refractivity contribution is 6.31. The molecule has 25 heavy (non-hydrogen) atoms. The fraction of sp³-hybridized carbons (Fsp3) is 0.316. The third kappa shape index (κ3) is 4.66. The minimum absolute atomic E-state index is 0.378. The average molecular weight is 379 g/mol. The summed E-state index contributed by atoms with van der Waals surface area (Å²) in [5.41, 5.74) is 1.93. The second-order valence-corrected chi connectivity index (χ2v) is 6.48. The van der Waals surface area contributed by atoms with E-state index in [1.165, 1.54) is 0 Å². The van der Waals surface area contributed by atoms with E-state index in [0.717, 1.165) is 42.2 Å². The second-order valence-electron chi connectivity index (χ2n) is 5.61. The molecule has 4 nitrogen and oxygen atoms in total. The Kier molecular flexibility index (Phi) is 6.19. The van der Waals surface area contributed by atoms with Crippen LogP contribution in [0.15, 0.2) is 42.5 Å². The van der Waals surface area contributed by atoms with Gasteiger partial charge >= 0.3 is 0 Å². The lowest BCUT2D eigenvalue weighted by Gasteiger charge is -2.11. The maximum absolute atomic E-state index is 6.16. The Morgan fingerprint density at radius 1 is 1.04 bits per heavy atom. The first-order chi connectivity index (χ1) is 12.2. The Labute approximate surface area is 157 Å². The Hall–Kier alpha value is -1.75. The van der Waals surface area contributed by atoms with Crippen molar-refractivity contribution in [3.63, 3.8) is 0 Å². The van der Waals surface area contributed by atoms with Gasteiger partial charge in [-0.2, -0.15) is 0 Å². The number of hydrogen-bond acceptors (Lipinski definition) is 3. The third-order valence-electron chi connectivity index (χ3n) is 3.85. The van der Waals surface area contributed by atoms with Gasteiger partial charge in [0, 0.05) is 29.8 Å². The van der Waals surface area contributed by atoms with E-state index in [2.05, 4.69) is 4.57 Å². The maximum Gasteiger partial charge on any atom is 0.147 e. The molecule has 0 unspecified atom stereocenters. The van der Waals surface area contributed by atoms with Crippen LogP contribution in [0.5, 0.6) is 5.75 Å². The molecule has 6 heteroatoms. The summed E-state index contributed by atoms with van der Waals surface area (Å²) in [4.78, 5) is 4.70. The maximum atomic E-state index is 6.16. The van der Waals surface area contributed by atoms with E-state index in [1.54, 1.807) is 0 Å². The largest absolute Gasteiger partial charge is 0.486 e. The molecule has 3 rings (SSSR count). The van der Waals surface area contributed by atoms with E-state index in [-0.39, 0.29) is 0 Å². The van der Waals surface area contributed by atoms with Gasteiger partial charge in [-0.25, -0.2) is 4.98 Å². The molecule has 132 valence electrons. The van der Waals surface area contributed by atoms with Crippen molar-refractivity contribution in [2.75, 3.05) is 13.2 Å². The quantitative estimate of drug-likeness (QED) is 0.495. The molecule has 3 aromatic rings. The van der Waals surface area contributed by atoms with Gasteiger partial charge in [-0.15, -0.1) is 0 Å². The van der Waals surface area contributed by atoms with Crippen LogP contribution in [0, 0.1) is 0 Å². The Balaban J connectivity index is 1.80. The molecular weight excluding hydrogens is 359 g/mol. The number of halogens is 2. The lowest BCUT2D eigenvalue weighted by atomic mass is 10.3. The molecule has 0 saturated heterocycles. The van der Waals surface area contributed by atoms with E-state index in [1.807, 2.05) is 49.4 Å². The number of aromatic nitrogens is 2. The molecule has 0 aliphatic carbocycles. The zero-order valence-electron chi connectivity index (χ0n) is 14.0. The molecule has 0 spiro atoms. The zero-order valence-corrected chi connectivity index (χ0v) is 15.6. The summed E-state index contributed by atoms with van der Waals surface area (Å²) >= 11 is 12.1. The summed E-state index contributed by atoms with van der Waals surface area (Å²) in [6.45, 7) is 4.62. The first-order valence-corrected chi connectivity index (χ1v) is 9.03. The fourth-order valence-corrected chi connectivity index (χ4v) is 2.95. The monoisotopic (exact) mass is 378 g/mol. The van der Waals surface area contributed by atoms with Gasteiger partial charge in [-0.05, 0) is 55.8 Å². The number of aryl methyl sites for hydroxylation is 1. The lowest BCUT2D eigenvalue weighted by molar-refractivity contribution is 0.141. The van der Waals surface area contributed by atoms with Gasteiger partial charge in [0.1, 0.15) is 18.2 Å². The van der Waals surface area contributed by atoms with Crippen LogP contribution in [-0.4, -0.2) is 22.8 Å². The number of imidazole rings is 1. The number of nitrogens with zero attached hydrogens (tertiary/aromatic N) is 2. The SMILES string of the molecule is CCOCCCn1c(COc2ccc(Cl)cc2)nc2ccc(Cl)cc21. The van der Waals surface area contributed by atoms with Crippen LogP contribution in [0.3, 0.4) is 0 Å². The molecule has 2 aromatic carbocycles. The Morgan fingerprint density at radius 3 is 2.56 bits per heavy atom. The van der Waals surface area contributed by atoms with E-state index < -0.39 is 0 Å². The first kappa shape index (κ1) is 18.1. The summed E-state index contributed by atoms with van der Waals surface area (Å²) in [5, 5.41) is 1.38. The highest BCUT2D eigenvalue weighted by Gasteiger charge is 2.12. The highest BCUT2D eigenvalue weighted by atomic mass is 35.5. The lowest BCUT2D eigenvalue weighted by Crippen LogP contribution is -2.09. The van der Waals surface area contributed by atoms with Crippen molar-refractivity contribution >= 4 is 34.2 Å². The smallest absolute Gasteiger partial charge is 0.147 e. The van der Waals surface area contributed by atoms with Crippen molar-refractivity contribution in [3.8, 4) is 5.75 Å². The molecule has 0 atom stereocenters. The van der Waals surface area contributed by atoms with Gasteiger partial charge in [0.25, 0.3) is 0 Å². The number of benzene rings is 2. The van der Waals surface area contributed by atoms with Crippen molar-refractivity contribution in [2.24, 2.45) is 0 Å². The predicted molar refractivity (Wildman–Crippen MR) is 102 cm³/mol. The molecule has 0 fully saturated rings. The third-order valence-corrected chi connectivity index (χ3v) is 4.33. The van der Waals surface area contributed by atoms with Gasteiger partial charge in [-0.3, -0.25) is 0 Å². The molecule has 0 aliphatic rings. The van der Waals surface area contributed by atoms with Crippen LogP contribution in [0.25, 0.3) is 11.0 Å². The summed E-state index contributed by atoms with van der Waals surface area (Å²) in [6, 6.07) is 13.0. The van der Waals surface area contributed by atoms with Crippen molar-refractivity contribution in [2.45, 2.75) is 26.5 Å². The molecular formula is C19H20Cl2N2O2. The highest BCUT2D eigenvalue weighted by Crippen LogP contribution is 2.23. The number of rotatable bonds is 8. The molecule has 0 bridgehead atoms. The predicted octanol–water partition coefficient (Wildman–Crippen LogP) is 5.35. The molecule has 0 amide bonds. The molecule has 1 heterocycles. The molecule has 0 N–H and O–H groups in total. The molecule has 0 radical (unpaired) electrons. The van der Waals surface area contributed by atoms with Gasteiger partial charge in [0.15, 0.2) is 0 Å². The first-order valence-electron chi connectivity index (χ1n) is 8.28. The van der Waals surface area contributed by atoms with E-state index in [4.69, 9.17) is 37.7 Å². The van der Waals surface area contributed by atoms with E-state index in [9.17, 15) is 0 Å². The summed E-state index contributed by atoms with van der Waals surface area (Å²) in [7, 11) is 0. The van der Waals surface area contributed by atoms with Gasteiger partial charge in [0.2, 0.25) is 0 Å². The van der Waals surface area contributed by atoms with Crippen LogP contribution < -0.4 is 4.74 Å². The van der Waals surface area contributed by atoms with Gasteiger partial charge in [-0.1, -0.05) is 23.2 Å². The minimum atomic E-state index is 0.378. The standard InChI is InChI=1S/C19H20Cl2N2O2/c1-2-24-11-3-10-23-18-12-15(21)6-9-17(18)22-19(23)13-25-16-7-4-14(20)5-8-16/h4-9,12H,2-3,10-11,13H2,1H3. The minimum Gasteiger partial charge on any atom is -0.486 e. The van der Waals surface area contributed by atoms with Gasteiger partial charge in [0.05, 0.1) is 11.0 Å². The summed E-state index contributed by atoms with van der Waals surface area (Å²) in [6.07, 6.45) is 0.903. The van der Waals surface area contributed by atoms with Crippen molar-refractivity contribution in [1.29, 1.82) is 0 Å². The van der Waals surface area contributed by atoms with Crippen LogP contribution in [0.4, 0.5) is 0 Å².